The molecule has 1 aliphatic rings. The van der Waals surface area contributed by atoms with E-state index in [1.54, 1.807) is 6.07 Å². The molecule has 0 amide bonds. The molecule has 1 aromatic carbocycles. The van der Waals surface area contributed by atoms with E-state index < -0.39 is 5.60 Å². The maximum absolute atomic E-state index is 12.2. The second-order valence-electron chi connectivity index (χ2n) is 6.89. The summed E-state index contributed by atoms with van der Waals surface area (Å²) in [4.78, 5) is 14.4. The van der Waals surface area contributed by atoms with Crippen molar-refractivity contribution in [2.75, 3.05) is 19.6 Å². The molecule has 1 saturated heterocycles. The van der Waals surface area contributed by atoms with E-state index in [1.165, 1.54) is 0 Å². The van der Waals surface area contributed by atoms with Gasteiger partial charge in [-0.25, -0.2) is 0 Å². The summed E-state index contributed by atoms with van der Waals surface area (Å²) in [5.41, 5.74) is 0.565. The molecule has 4 nitrogen and oxygen atoms in total. The minimum Gasteiger partial charge on any atom is -0.459 e. The van der Waals surface area contributed by atoms with E-state index >= 15 is 0 Å². The molecular weight excluding hydrogens is 335 g/mol. The molecule has 1 fully saturated rings. The number of halogens is 2. The van der Waals surface area contributed by atoms with Crippen LogP contribution in [-0.2, 0) is 16.1 Å². The highest BCUT2D eigenvalue weighted by molar-refractivity contribution is 6.42. The van der Waals surface area contributed by atoms with E-state index in [4.69, 9.17) is 27.9 Å². The molecule has 1 N–H and O–H groups in total. The third kappa shape index (κ3) is 5.96. The highest BCUT2D eigenvalue weighted by atomic mass is 35.5. The van der Waals surface area contributed by atoms with Gasteiger partial charge in [-0.2, -0.15) is 0 Å². The first-order chi connectivity index (χ1) is 10.7. The molecule has 1 heterocycles. The first-order valence-electron chi connectivity index (χ1n) is 7.85. The molecule has 0 radical (unpaired) electrons. The Kier molecular flexibility index (Phi) is 6.32. The van der Waals surface area contributed by atoms with Crippen molar-refractivity contribution in [2.45, 2.75) is 45.4 Å². The molecular formula is C17H24Cl2N2O2. The highest BCUT2D eigenvalue weighted by Gasteiger charge is 2.26. The second kappa shape index (κ2) is 7.84. The normalized spacial score (nSPS) is 18.4. The van der Waals surface area contributed by atoms with Crippen molar-refractivity contribution < 1.29 is 9.53 Å². The third-order valence-corrected chi connectivity index (χ3v) is 4.41. The number of rotatable bonds is 5. The first-order valence-corrected chi connectivity index (χ1v) is 8.61. The van der Waals surface area contributed by atoms with Crippen molar-refractivity contribution in [1.82, 2.24) is 10.2 Å². The lowest BCUT2D eigenvalue weighted by atomic mass is 10.1. The van der Waals surface area contributed by atoms with Gasteiger partial charge in [0.15, 0.2) is 0 Å². The molecule has 23 heavy (non-hydrogen) atoms. The van der Waals surface area contributed by atoms with Gasteiger partial charge in [0.2, 0.25) is 0 Å². The van der Waals surface area contributed by atoms with Gasteiger partial charge in [0, 0.05) is 19.1 Å². The van der Waals surface area contributed by atoms with Gasteiger partial charge in [0.25, 0.3) is 0 Å². The molecule has 128 valence electrons. The molecule has 0 aliphatic carbocycles. The number of nitrogens with zero attached hydrogens (tertiary/aromatic N) is 1. The van der Waals surface area contributed by atoms with Crippen LogP contribution in [0.4, 0.5) is 0 Å². The summed E-state index contributed by atoms with van der Waals surface area (Å²) in [5, 5.41) is 4.41. The van der Waals surface area contributed by atoms with Gasteiger partial charge in [0.05, 0.1) is 16.6 Å². The Morgan fingerprint density at radius 2 is 2.09 bits per heavy atom. The van der Waals surface area contributed by atoms with Crippen molar-refractivity contribution in [2.24, 2.45) is 0 Å². The quantitative estimate of drug-likeness (QED) is 0.817. The SMILES string of the molecule is CC(C)(C)OC(=O)CN(Cc1ccc(Cl)c(Cl)c1)[C@@H]1CCNC1. The highest BCUT2D eigenvalue weighted by Crippen LogP contribution is 2.24. The van der Waals surface area contributed by atoms with Crippen LogP contribution in [0.15, 0.2) is 18.2 Å². The summed E-state index contributed by atoms with van der Waals surface area (Å²) < 4.78 is 5.46. The molecule has 2 rings (SSSR count). The number of ether oxygens (including phenoxy) is 1. The first kappa shape index (κ1) is 18.5. The van der Waals surface area contributed by atoms with Gasteiger partial charge < -0.3 is 10.1 Å². The van der Waals surface area contributed by atoms with Gasteiger partial charge in [-0.05, 0) is 51.4 Å². The number of nitrogens with one attached hydrogen (secondary N) is 1. The number of benzene rings is 1. The summed E-state index contributed by atoms with van der Waals surface area (Å²) in [6.45, 7) is 8.40. The molecule has 1 aromatic rings. The summed E-state index contributed by atoms with van der Waals surface area (Å²) in [5.74, 6) is -0.204. The number of carbonyl (C=O) groups excluding carboxylic acids is 1. The smallest absolute Gasteiger partial charge is 0.320 e. The molecule has 1 aliphatic heterocycles. The van der Waals surface area contributed by atoms with Crippen LogP contribution >= 0.6 is 23.2 Å². The molecule has 0 unspecified atom stereocenters. The molecule has 0 aromatic heterocycles. The lowest BCUT2D eigenvalue weighted by Gasteiger charge is -2.29. The fourth-order valence-electron chi connectivity index (χ4n) is 2.68. The standard InChI is InChI=1S/C17H24Cl2N2O2/c1-17(2,3)23-16(22)11-21(13-6-7-20-9-13)10-12-4-5-14(18)15(19)8-12/h4-5,8,13,20H,6-7,9-11H2,1-3H3/t13-/m1/s1. The van der Waals surface area contributed by atoms with Crippen molar-refractivity contribution >= 4 is 29.2 Å². The van der Waals surface area contributed by atoms with E-state index in [2.05, 4.69) is 10.2 Å². The Labute approximate surface area is 148 Å². The Bertz CT molecular complexity index is 552. The average Bonchev–Trinajstić information content (AvgIpc) is 2.94. The fraction of sp³-hybridized carbons (Fsp3) is 0.588. The van der Waals surface area contributed by atoms with E-state index in [0.29, 0.717) is 22.6 Å². The lowest BCUT2D eigenvalue weighted by Crippen LogP contribution is -2.41. The third-order valence-electron chi connectivity index (χ3n) is 3.67. The number of hydrogen-bond donors (Lipinski definition) is 1. The summed E-state index contributed by atoms with van der Waals surface area (Å²) in [6.07, 6.45) is 1.02. The predicted molar refractivity (Wildman–Crippen MR) is 94.0 cm³/mol. The molecule has 6 heteroatoms. The Balaban J connectivity index is 2.07. The largest absolute Gasteiger partial charge is 0.459 e. The van der Waals surface area contributed by atoms with Crippen LogP contribution in [-0.4, -0.2) is 42.1 Å². The van der Waals surface area contributed by atoms with Gasteiger partial charge >= 0.3 is 5.97 Å². The number of carbonyl (C=O) groups is 1. The fourth-order valence-corrected chi connectivity index (χ4v) is 3.00. The lowest BCUT2D eigenvalue weighted by molar-refractivity contribution is -0.156. The van der Waals surface area contributed by atoms with Gasteiger partial charge in [-0.3, -0.25) is 9.69 Å². The molecule has 0 bridgehead atoms. The minimum atomic E-state index is -0.472. The van der Waals surface area contributed by atoms with E-state index in [-0.39, 0.29) is 12.5 Å². The topological polar surface area (TPSA) is 41.6 Å². The van der Waals surface area contributed by atoms with Crippen LogP contribution in [0.1, 0.15) is 32.8 Å². The number of esters is 1. The zero-order chi connectivity index (χ0) is 17.0. The minimum absolute atomic E-state index is 0.204. The van der Waals surface area contributed by atoms with E-state index in [0.717, 1.165) is 25.1 Å². The van der Waals surface area contributed by atoms with Crippen LogP contribution < -0.4 is 5.32 Å². The Hall–Kier alpha value is -0.810. The second-order valence-corrected chi connectivity index (χ2v) is 7.70. The summed E-state index contributed by atoms with van der Waals surface area (Å²) in [6, 6.07) is 5.90. The van der Waals surface area contributed by atoms with Crippen molar-refractivity contribution in [3.05, 3.63) is 33.8 Å². The summed E-state index contributed by atoms with van der Waals surface area (Å²) in [7, 11) is 0. The van der Waals surface area contributed by atoms with Crippen LogP contribution in [0, 0.1) is 0 Å². The van der Waals surface area contributed by atoms with Gasteiger partial charge in [-0.1, -0.05) is 29.3 Å². The van der Waals surface area contributed by atoms with Crippen LogP contribution in [0.3, 0.4) is 0 Å². The van der Waals surface area contributed by atoms with E-state index in [1.807, 2.05) is 32.9 Å². The van der Waals surface area contributed by atoms with Crippen LogP contribution in [0.25, 0.3) is 0 Å². The molecule has 1 atom stereocenters. The predicted octanol–water partition coefficient (Wildman–Crippen LogP) is 3.50. The monoisotopic (exact) mass is 358 g/mol. The van der Waals surface area contributed by atoms with Crippen LogP contribution in [0.2, 0.25) is 10.0 Å². The molecule has 0 spiro atoms. The Morgan fingerprint density at radius 3 is 2.65 bits per heavy atom. The number of hydrogen-bond acceptors (Lipinski definition) is 4. The zero-order valence-electron chi connectivity index (χ0n) is 13.9. The van der Waals surface area contributed by atoms with E-state index in [9.17, 15) is 4.79 Å². The summed E-state index contributed by atoms with van der Waals surface area (Å²) >= 11 is 12.1. The van der Waals surface area contributed by atoms with Crippen LogP contribution in [0.5, 0.6) is 0 Å². The van der Waals surface area contributed by atoms with Crippen molar-refractivity contribution in [1.29, 1.82) is 0 Å². The molecule has 0 saturated carbocycles. The van der Waals surface area contributed by atoms with Gasteiger partial charge in [-0.15, -0.1) is 0 Å². The maximum Gasteiger partial charge on any atom is 0.320 e. The van der Waals surface area contributed by atoms with Crippen molar-refractivity contribution in [3.8, 4) is 0 Å². The Morgan fingerprint density at radius 1 is 1.35 bits per heavy atom. The maximum atomic E-state index is 12.2. The van der Waals surface area contributed by atoms with Gasteiger partial charge in [0.1, 0.15) is 5.60 Å². The zero-order valence-corrected chi connectivity index (χ0v) is 15.4. The average molecular weight is 359 g/mol. The van der Waals surface area contributed by atoms with Crippen molar-refractivity contribution in [3.63, 3.8) is 0 Å².